The molecule has 5 atom stereocenters. The van der Waals surface area contributed by atoms with Crippen LogP contribution in [0.4, 0.5) is 0 Å². The van der Waals surface area contributed by atoms with Gasteiger partial charge in [-0.1, -0.05) is 6.07 Å². The molecule has 4 aliphatic heterocycles. The second-order valence-corrected chi connectivity index (χ2v) is 9.37. The van der Waals surface area contributed by atoms with Crippen LogP contribution in [-0.2, 0) is 16.1 Å². The number of amides is 1. The number of nitrogens with zero attached hydrogens (tertiary/aromatic N) is 3. The van der Waals surface area contributed by atoms with Crippen LogP contribution in [0.1, 0.15) is 29.8 Å². The maximum absolute atomic E-state index is 13.8. The summed E-state index contributed by atoms with van der Waals surface area (Å²) in [5.74, 6) is 2.34. The molecule has 6 heterocycles. The van der Waals surface area contributed by atoms with Gasteiger partial charge in [0.2, 0.25) is 5.91 Å². The van der Waals surface area contributed by atoms with Crippen LogP contribution in [0.25, 0.3) is 0 Å². The fraction of sp³-hybridized carbons (Fsp3) is 0.565. The van der Waals surface area contributed by atoms with E-state index in [1.165, 1.54) is 0 Å². The monoisotopic (exact) mass is 409 g/mol. The second-order valence-electron chi connectivity index (χ2n) is 9.37. The minimum atomic E-state index is -0.413. The van der Waals surface area contributed by atoms with Crippen molar-refractivity contribution in [1.29, 1.82) is 0 Å². The van der Waals surface area contributed by atoms with Crippen LogP contribution < -0.4 is 5.56 Å². The maximum Gasteiger partial charge on any atom is 0.251 e. The van der Waals surface area contributed by atoms with Crippen LogP contribution in [0.2, 0.25) is 0 Å². The fourth-order valence-electron chi connectivity index (χ4n) is 6.15. The molecule has 158 valence electrons. The predicted molar refractivity (Wildman–Crippen MR) is 109 cm³/mol. The summed E-state index contributed by atoms with van der Waals surface area (Å²) in [4.78, 5) is 31.0. The van der Waals surface area contributed by atoms with Crippen LogP contribution in [0, 0.1) is 17.8 Å². The molecule has 0 aliphatic carbocycles. The average molecular weight is 409 g/mol. The van der Waals surface area contributed by atoms with Gasteiger partial charge in [0.15, 0.2) is 0 Å². The highest BCUT2D eigenvalue weighted by molar-refractivity contribution is 5.81. The normalized spacial score (nSPS) is 32.8. The highest BCUT2D eigenvalue weighted by atomic mass is 16.5. The van der Waals surface area contributed by atoms with E-state index in [4.69, 9.17) is 9.15 Å². The Morgan fingerprint density at radius 1 is 1.00 bits per heavy atom. The molecule has 3 saturated heterocycles. The predicted octanol–water partition coefficient (Wildman–Crippen LogP) is 1.71. The Balaban J connectivity index is 1.33. The van der Waals surface area contributed by atoms with Gasteiger partial charge in [-0.3, -0.25) is 19.1 Å². The highest BCUT2D eigenvalue weighted by Crippen LogP contribution is 2.43. The first-order valence-electron chi connectivity index (χ1n) is 11.0. The number of piperidine rings is 1. The number of aromatic nitrogens is 1. The molecule has 2 bridgehead atoms. The van der Waals surface area contributed by atoms with E-state index in [1.807, 2.05) is 33.7 Å². The minimum absolute atomic E-state index is 0.0530. The number of furan rings is 1. The molecule has 6 rings (SSSR count). The number of hydrogen-bond acceptors (Lipinski definition) is 5. The third kappa shape index (κ3) is 2.94. The molecule has 0 N–H and O–H groups in total. The van der Waals surface area contributed by atoms with Crippen LogP contribution in [0.5, 0.6) is 0 Å². The minimum Gasteiger partial charge on any atom is -0.468 e. The van der Waals surface area contributed by atoms with Gasteiger partial charge in [0.25, 0.3) is 5.56 Å². The van der Waals surface area contributed by atoms with Crippen LogP contribution >= 0.6 is 0 Å². The third-order valence-electron chi connectivity index (χ3n) is 7.49. The van der Waals surface area contributed by atoms with Gasteiger partial charge in [0.05, 0.1) is 26.0 Å². The summed E-state index contributed by atoms with van der Waals surface area (Å²) in [6, 6.07) is 8.96. The van der Waals surface area contributed by atoms with Gasteiger partial charge in [0.1, 0.15) is 11.8 Å². The summed E-state index contributed by atoms with van der Waals surface area (Å²) < 4.78 is 13.0. The summed E-state index contributed by atoms with van der Waals surface area (Å²) in [7, 11) is 0. The van der Waals surface area contributed by atoms with E-state index in [9.17, 15) is 9.59 Å². The van der Waals surface area contributed by atoms with Crippen molar-refractivity contribution in [2.24, 2.45) is 17.8 Å². The SMILES string of the molecule is O=C([C@H]1[C@@H]2C[C@@H](CN(Cc3ccco3)C2)c2cccc(=O)n21)N1C[C@H]2COC[C@H]2C1. The molecule has 4 aliphatic rings. The number of carbonyl (C=O) groups excluding carboxylic acids is 1. The molecular formula is C23H27N3O4. The summed E-state index contributed by atoms with van der Waals surface area (Å²) in [5, 5.41) is 0. The van der Waals surface area contributed by atoms with Gasteiger partial charge in [0, 0.05) is 61.6 Å². The zero-order valence-electron chi connectivity index (χ0n) is 17.0. The van der Waals surface area contributed by atoms with Crippen molar-refractivity contribution in [1.82, 2.24) is 14.4 Å². The van der Waals surface area contributed by atoms with Crippen LogP contribution in [0.3, 0.4) is 0 Å². The first-order chi connectivity index (χ1) is 14.7. The summed E-state index contributed by atoms with van der Waals surface area (Å²) in [5.41, 5.74) is 0.951. The number of pyridine rings is 1. The van der Waals surface area contributed by atoms with Gasteiger partial charge >= 0.3 is 0 Å². The Kier molecular flexibility index (Phi) is 4.35. The van der Waals surface area contributed by atoms with Crippen LogP contribution in [-0.4, -0.2) is 59.7 Å². The smallest absolute Gasteiger partial charge is 0.251 e. The van der Waals surface area contributed by atoms with Gasteiger partial charge in [-0.05, 0) is 24.6 Å². The summed E-state index contributed by atoms with van der Waals surface area (Å²) in [6.45, 7) is 5.43. The van der Waals surface area contributed by atoms with Gasteiger partial charge < -0.3 is 14.1 Å². The standard InChI is InChI=1S/C23H27N3O4/c27-21-5-1-4-20-15-7-16(9-24(8-15)12-19-3-2-6-30-19)22(26(20)21)23(28)25-10-17-13-29-14-18(17)11-25/h1-6,15-18,22H,7-14H2/t15-,16+,17-,18+,22+/m0/s1. The number of hydrogen-bond donors (Lipinski definition) is 0. The van der Waals surface area contributed by atoms with Crippen molar-refractivity contribution < 1.29 is 13.9 Å². The van der Waals surface area contributed by atoms with Gasteiger partial charge in [-0.15, -0.1) is 0 Å². The van der Waals surface area contributed by atoms with Gasteiger partial charge in [-0.2, -0.15) is 0 Å². The Morgan fingerprint density at radius 3 is 2.60 bits per heavy atom. The molecule has 0 radical (unpaired) electrons. The van der Waals surface area contributed by atoms with E-state index >= 15 is 0 Å². The van der Waals surface area contributed by atoms with E-state index in [0.717, 1.165) is 63.8 Å². The first kappa shape index (κ1) is 18.4. The molecule has 7 heteroatoms. The lowest BCUT2D eigenvalue weighted by Gasteiger charge is -2.46. The van der Waals surface area contributed by atoms with Crippen molar-refractivity contribution in [3.8, 4) is 0 Å². The Morgan fingerprint density at radius 2 is 1.83 bits per heavy atom. The van der Waals surface area contributed by atoms with E-state index in [2.05, 4.69) is 4.90 Å². The Bertz CT molecular complexity index is 988. The molecular weight excluding hydrogens is 382 g/mol. The van der Waals surface area contributed by atoms with E-state index in [1.54, 1.807) is 12.3 Å². The Hall–Kier alpha value is -2.38. The topological polar surface area (TPSA) is 67.9 Å². The van der Waals surface area contributed by atoms with E-state index in [-0.39, 0.29) is 23.3 Å². The molecule has 3 fully saturated rings. The van der Waals surface area contributed by atoms with Crippen molar-refractivity contribution in [2.45, 2.75) is 24.9 Å². The van der Waals surface area contributed by atoms with Crippen molar-refractivity contribution >= 4 is 5.91 Å². The van der Waals surface area contributed by atoms with Crippen molar-refractivity contribution in [2.75, 3.05) is 39.4 Å². The first-order valence-corrected chi connectivity index (χ1v) is 11.0. The molecule has 30 heavy (non-hydrogen) atoms. The molecule has 2 aromatic rings. The lowest BCUT2D eigenvalue weighted by molar-refractivity contribution is -0.138. The van der Waals surface area contributed by atoms with Crippen LogP contribution in [0.15, 0.2) is 45.8 Å². The van der Waals surface area contributed by atoms with Crippen molar-refractivity contribution in [3.63, 3.8) is 0 Å². The van der Waals surface area contributed by atoms with E-state index in [0.29, 0.717) is 11.8 Å². The number of rotatable bonds is 3. The molecule has 2 aromatic heterocycles. The third-order valence-corrected chi connectivity index (χ3v) is 7.49. The lowest BCUT2D eigenvalue weighted by Crippen LogP contribution is -2.53. The maximum atomic E-state index is 13.8. The molecule has 0 unspecified atom stereocenters. The number of ether oxygens (including phenoxy) is 1. The number of fused-ring (bicyclic) bond motifs is 5. The quantitative estimate of drug-likeness (QED) is 0.772. The molecule has 0 aromatic carbocycles. The lowest BCUT2D eigenvalue weighted by atomic mass is 9.78. The number of carbonyl (C=O) groups is 1. The molecule has 0 saturated carbocycles. The average Bonchev–Trinajstić information content (AvgIpc) is 3.46. The fourth-order valence-corrected chi connectivity index (χ4v) is 6.15. The largest absolute Gasteiger partial charge is 0.468 e. The molecule has 7 nitrogen and oxygen atoms in total. The highest BCUT2D eigenvalue weighted by Gasteiger charge is 2.47. The summed E-state index contributed by atoms with van der Waals surface area (Å²) >= 11 is 0. The van der Waals surface area contributed by atoms with Crippen molar-refractivity contribution in [3.05, 3.63) is 58.4 Å². The molecule has 1 amide bonds. The van der Waals surface area contributed by atoms with Gasteiger partial charge in [-0.25, -0.2) is 0 Å². The van der Waals surface area contributed by atoms with E-state index < -0.39 is 6.04 Å². The second kappa shape index (κ2) is 7.10. The Labute approximate surface area is 175 Å². The number of likely N-dealkylation sites (tertiary alicyclic amines) is 2. The summed E-state index contributed by atoms with van der Waals surface area (Å²) in [6.07, 6.45) is 2.66. The zero-order chi connectivity index (χ0) is 20.2. The molecule has 0 spiro atoms. The zero-order valence-corrected chi connectivity index (χ0v) is 17.0.